The van der Waals surface area contributed by atoms with Gasteiger partial charge < -0.3 is 9.47 Å². The Bertz CT molecular complexity index is 1350. The maximum Gasteiger partial charge on any atom is 0.243 e. The number of methoxy groups -OCH3 is 1. The summed E-state index contributed by atoms with van der Waals surface area (Å²) in [6, 6.07) is 6.88. The molecule has 3 aliphatic rings. The predicted molar refractivity (Wildman–Crippen MR) is 149 cm³/mol. The van der Waals surface area contributed by atoms with E-state index in [0.717, 1.165) is 31.4 Å². The Labute approximate surface area is 232 Å². The van der Waals surface area contributed by atoms with Gasteiger partial charge in [-0.15, -0.1) is 0 Å². The van der Waals surface area contributed by atoms with Crippen molar-refractivity contribution in [3.63, 3.8) is 0 Å². The van der Waals surface area contributed by atoms with Crippen LogP contribution in [0.1, 0.15) is 62.5 Å². The third kappa shape index (κ3) is 5.82. The first-order valence-electron chi connectivity index (χ1n) is 13.8. The van der Waals surface area contributed by atoms with Crippen LogP contribution in [0.15, 0.2) is 41.6 Å². The highest BCUT2D eigenvalue weighted by atomic mass is 32.2. The van der Waals surface area contributed by atoms with Crippen molar-refractivity contribution in [1.29, 1.82) is 0 Å². The van der Waals surface area contributed by atoms with E-state index in [1.54, 1.807) is 54.1 Å². The van der Waals surface area contributed by atoms with E-state index in [1.807, 2.05) is 12.1 Å². The first-order valence-corrected chi connectivity index (χ1v) is 16.9. The Morgan fingerprint density at radius 1 is 0.949 bits per heavy atom. The number of piperidine rings is 1. The molecule has 0 radical (unpaired) electrons. The number of nitrogens with zero attached hydrogens (tertiary/aromatic N) is 3. The molecule has 5 rings (SSSR count). The smallest absolute Gasteiger partial charge is 0.243 e. The van der Waals surface area contributed by atoms with Crippen LogP contribution in [0, 0.1) is 13.8 Å². The van der Waals surface area contributed by atoms with Gasteiger partial charge in [0.05, 0.1) is 17.8 Å². The van der Waals surface area contributed by atoms with Crippen LogP contribution in [-0.2, 0) is 20.0 Å². The summed E-state index contributed by atoms with van der Waals surface area (Å²) in [5.41, 5.74) is 1.32. The van der Waals surface area contributed by atoms with Crippen LogP contribution in [0.4, 0.5) is 0 Å². The van der Waals surface area contributed by atoms with E-state index < -0.39 is 20.0 Å². The number of pyridine rings is 1. The van der Waals surface area contributed by atoms with Crippen molar-refractivity contribution < 1.29 is 26.3 Å². The molecule has 214 valence electrons. The molecule has 1 aromatic heterocycles. The summed E-state index contributed by atoms with van der Waals surface area (Å²) in [4.78, 5) is 4.35. The molecule has 11 heteroatoms. The topological polar surface area (TPSA) is 106 Å². The third-order valence-electron chi connectivity index (χ3n) is 8.40. The van der Waals surface area contributed by atoms with E-state index in [4.69, 9.17) is 9.47 Å². The molecule has 0 N–H and O–H groups in total. The zero-order chi connectivity index (χ0) is 27.8. The normalized spacial score (nSPS) is 26.1. The van der Waals surface area contributed by atoms with Gasteiger partial charge in [0.15, 0.2) is 0 Å². The van der Waals surface area contributed by atoms with Crippen molar-refractivity contribution in [3.05, 3.63) is 47.8 Å². The van der Waals surface area contributed by atoms with Crippen molar-refractivity contribution in [3.8, 4) is 11.5 Å². The molecular formula is C28H39N3O6S2. The summed E-state index contributed by atoms with van der Waals surface area (Å²) >= 11 is 0. The van der Waals surface area contributed by atoms with E-state index >= 15 is 0 Å². The summed E-state index contributed by atoms with van der Waals surface area (Å²) in [6.45, 7) is 4.04. The first kappa shape index (κ1) is 28.3. The lowest BCUT2D eigenvalue weighted by atomic mass is 10.0. The largest absolute Gasteiger partial charge is 0.497 e. The first-order chi connectivity index (χ1) is 18.6. The molecule has 0 unspecified atom stereocenters. The van der Waals surface area contributed by atoms with Gasteiger partial charge in [0, 0.05) is 49.9 Å². The minimum absolute atomic E-state index is 0.00142. The summed E-state index contributed by atoms with van der Waals surface area (Å²) in [5, 5.41) is 0. The number of hydrogen-bond acceptors (Lipinski definition) is 7. The summed E-state index contributed by atoms with van der Waals surface area (Å²) < 4.78 is 69.1. The Morgan fingerprint density at radius 2 is 1.59 bits per heavy atom. The second-order valence-electron chi connectivity index (χ2n) is 11.1. The van der Waals surface area contributed by atoms with Gasteiger partial charge in [-0.2, -0.15) is 8.61 Å². The quantitative estimate of drug-likeness (QED) is 0.420. The standard InChI is InChI=1S/C28H39N3O6S2/c1-20-16-26(36-3)17-21(2)28(20)39(34,35)30-14-4-6-22(30)7-5-15-38(32,33)31-23-8-9-24(31)19-27(18-23)37-25-10-12-29-13-11-25/h10-13,16-17,22-24,27H,4-9,14-15,18-19H2,1-3H3/t22-,23-,24+,27+/m0/s1. The summed E-state index contributed by atoms with van der Waals surface area (Å²) in [7, 11) is -5.58. The number of sulfonamides is 2. The van der Waals surface area contributed by atoms with Crippen LogP contribution < -0.4 is 9.47 Å². The highest BCUT2D eigenvalue weighted by Gasteiger charge is 2.47. The second kappa shape index (κ2) is 11.3. The Balaban J connectivity index is 1.20. The minimum atomic E-state index is -3.70. The van der Waals surface area contributed by atoms with Crippen molar-refractivity contribution >= 4 is 20.0 Å². The molecule has 2 bridgehead atoms. The second-order valence-corrected chi connectivity index (χ2v) is 14.9. The lowest BCUT2D eigenvalue weighted by Crippen LogP contribution is -2.50. The van der Waals surface area contributed by atoms with E-state index in [1.165, 1.54) is 0 Å². The van der Waals surface area contributed by atoms with E-state index in [0.29, 0.717) is 54.0 Å². The fraction of sp³-hybridized carbons (Fsp3) is 0.607. The maximum atomic E-state index is 13.7. The number of rotatable bonds is 10. The van der Waals surface area contributed by atoms with Gasteiger partial charge in [-0.3, -0.25) is 4.98 Å². The minimum Gasteiger partial charge on any atom is -0.497 e. The molecule has 2 aromatic rings. The predicted octanol–water partition coefficient (Wildman–Crippen LogP) is 4.04. The van der Waals surface area contributed by atoms with Gasteiger partial charge in [-0.25, -0.2) is 16.8 Å². The molecule has 3 saturated heterocycles. The monoisotopic (exact) mass is 577 g/mol. The van der Waals surface area contributed by atoms with Gasteiger partial charge in [0.1, 0.15) is 17.6 Å². The Kier molecular flexibility index (Phi) is 8.24. The highest BCUT2D eigenvalue weighted by molar-refractivity contribution is 7.89. The van der Waals surface area contributed by atoms with Crippen LogP contribution in [0.25, 0.3) is 0 Å². The van der Waals surface area contributed by atoms with Crippen molar-refractivity contribution in [1.82, 2.24) is 13.6 Å². The average Bonchev–Trinajstić information content (AvgIpc) is 3.47. The van der Waals surface area contributed by atoms with E-state index in [2.05, 4.69) is 4.98 Å². The molecule has 4 heterocycles. The highest BCUT2D eigenvalue weighted by Crippen LogP contribution is 2.40. The number of aryl methyl sites for hydroxylation is 2. The summed E-state index contributed by atoms with van der Waals surface area (Å²) in [6.07, 6.45) is 8.97. The molecule has 3 fully saturated rings. The Hall–Kier alpha value is -2.21. The van der Waals surface area contributed by atoms with E-state index in [-0.39, 0.29) is 30.0 Å². The van der Waals surface area contributed by atoms with Crippen LogP contribution >= 0.6 is 0 Å². The molecule has 39 heavy (non-hydrogen) atoms. The summed E-state index contributed by atoms with van der Waals surface area (Å²) in [5.74, 6) is 1.44. The van der Waals surface area contributed by atoms with Crippen LogP contribution in [0.5, 0.6) is 11.5 Å². The zero-order valence-corrected chi connectivity index (χ0v) is 24.6. The molecule has 1 aromatic carbocycles. The van der Waals surface area contributed by atoms with Gasteiger partial charge in [-0.05, 0) is 87.8 Å². The SMILES string of the molecule is COc1cc(C)c(S(=O)(=O)N2CCC[C@H]2CCCS(=O)(=O)N2[C@@H]3CC[C@H]2C[C@@H](Oc2ccncc2)C3)c(C)c1. The van der Waals surface area contributed by atoms with Crippen LogP contribution in [-0.4, -0.2) is 74.1 Å². The van der Waals surface area contributed by atoms with Crippen molar-refractivity contribution in [2.24, 2.45) is 0 Å². The van der Waals surface area contributed by atoms with Crippen molar-refractivity contribution in [2.45, 2.75) is 94.3 Å². The number of hydrogen-bond donors (Lipinski definition) is 0. The van der Waals surface area contributed by atoms with Crippen molar-refractivity contribution in [2.75, 3.05) is 19.4 Å². The van der Waals surface area contributed by atoms with Gasteiger partial charge in [-0.1, -0.05) is 0 Å². The number of aromatic nitrogens is 1. The molecule has 0 saturated carbocycles. The molecule has 3 aliphatic heterocycles. The molecule has 0 aliphatic carbocycles. The Morgan fingerprint density at radius 3 is 2.21 bits per heavy atom. The molecule has 0 amide bonds. The van der Waals surface area contributed by atoms with Crippen LogP contribution in [0.2, 0.25) is 0 Å². The fourth-order valence-electron chi connectivity index (χ4n) is 6.82. The van der Waals surface area contributed by atoms with E-state index in [9.17, 15) is 16.8 Å². The van der Waals surface area contributed by atoms with Gasteiger partial charge >= 0.3 is 0 Å². The number of benzene rings is 1. The third-order valence-corrected chi connectivity index (χ3v) is 12.7. The molecule has 9 nitrogen and oxygen atoms in total. The molecule has 4 atom stereocenters. The lowest BCUT2D eigenvalue weighted by Gasteiger charge is -2.38. The van der Waals surface area contributed by atoms with Gasteiger partial charge in [0.25, 0.3) is 0 Å². The maximum absolute atomic E-state index is 13.7. The van der Waals surface area contributed by atoms with Gasteiger partial charge in [0.2, 0.25) is 20.0 Å². The molecular weight excluding hydrogens is 538 g/mol. The average molecular weight is 578 g/mol. The van der Waals surface area contributed by atoms with Crippen LogP contribution in [0.3, 0.4) is 0 Å². The fourth-order valence-corrected chi connectivity index (χ4v) is 11.0. The number of fused-ring (bicyclic) bond motifs is 2. The molecule has 0 spiro atoms. The lowest BCUT2D eigenvalue weighted by molar-refractivity contribution is 0.0956. The number of ether oxygens (including phenoxy) is 2. The zero-order valence-electron chi connectivity index (χ0n) is 23.0.